The molecule has 0 aromatic heterocycles. The minimum Gasteiger partial charge on any atom is -0.493 e. The highest BCUT2D eigenvalue weighted by atomic mass is 16.6. The Balaban J connectivity index is 0.000000457. The molecule has 0 N–H and O–H groups in total. The molecule has 0 aliphatic carbocycles. The fourth-order valence-electron chi connectivity index (χ4n) is 2.87. The van der Waals surface area contributed by atoms with Crippen molar-refractivity contribution in [1.29, 1.82) is 5.26 Å². The first-order valence-corrected chi connectivity index (χ1v) is 13.2. The molecule has 44 heavy (non-hydrogen) atoms. The van der Waals surface area contributed by atoms with Crippen LogP contribution in [-0.2, 0) is 38.1 Å². The highest BCUT2D eigenvalue weighted by Crippen LogP contribution is 2.27. The summed E-state index contributed by atoms with van der Waals surface area (Å²) in [5.41, 5.74) is 1.71. The molecular formula is C33H35NO10. The van der Waals surface area contributed by atoms with Gasteiger partial charge < -0.3 is 28.4 Å². The maximum absolute atomic E-state index is 11.6. The molecule has 0 saturated heterocycles. The maximum Gasteiger partial charge on any atom is 0.348 e. The number of carbonyl (C=O) groups is 4. The normalized spacial score (nSPS) is 10.0. The van der Waals surface area contributed by atoms with Gasteiger partial charge in [0.1, 0.15) is 24.9 Å². The number of rotatable bonds is 15. The minimum atomic E-state index is -0.776. The number of benzene rings is 2. The van der Waals surface area contributed by atoms with Gasteiger partial charge in [0.2, 0.25) is 0 Å². The largest absolute Gasteiger partial charge is 0.493 e. The molecule has 232 valence electrons. The second-order valence-corrected chi connectivity index (χ2v) is 8.52. The molecule has 2 aromatic carbocycles. The number of hydrogen-bond donors (Lipinski definition) is 0. The predicted molar refractivity (Wildman–Crippen MR) is 162 cm³/mol. The standard InChI is InChI=1S/C18H19NO6.C15H16O4/c1-13(12-19)18(21)25-10-4-9-24-17(20)8-6-14-5-7-15(22-2)16(11-14)23-3;1-12(2)15(17)19-11-10-18-14(16)9-8-13-6-4-3-5-7-13/h5-8,11H,1,4,9-10H2,2-3H3;3-9H,1,10-11H2,2H3/b8-6+;9-8+. The van der Waals surface area contributed by atoms with Gasteiger partial charge in [0.05, 0.1) is 27.4 Å². The predicted octanol–water partition coefficient (Wildman–Crippen LogP) is 4.64. The molecule has 0 spiro atoms. The van der Waals surface area contributed by atoms with Crippen molar-refractivity contribution in [2.24, 2.45) is 0 Å². The molecule has 0 saturated carbocycles. The van der Waals surface area contributed by atoms with Crippen LogP contribution in [0.25, 0.3) is 12.2 Å². The molecule has 11 heteroatoms. The third-order valence-corrected chi connectivity index (χ3v) is 5.09. The molecule has 0 unspecified atom stereocenters. The Hall–Kier alpha value is -5.63. The molecule has 0 aliphatic heterocycles. The summed E-state index contributed by atoms with van der Waals surface area (Å²) in [5.74, 6) is -1.12. The number of methoxy groups -OCH3 is 2. The van der Waals surface area contributed by atoms with Crippen molar-refractivity contribution in [3.8, 4) is 17.6 Å². The topological polar surface area (TPSA) is 147 Å². The van der Waals surface area contributed by atoms with Crippen LogP contribution >= 0.6 is 0 Å². The summed E-state index contributed by atoms with van der Waals surface area (Å²) in [5, 5.41) is 8.45. The van der Waals surface area contributed by atoms with Gasteiger partial charge in [-0.15, -0.1) is 0 Å². The summed E-state index contributed by atoms with van der Waals surface area (Å²) in [4.78, 5) is 45.1. The van der Waals surface area contributed by atoms with E-state index in [2.05, 4.69) is 13.2 Å². The SMILES string of the molecule is C=C(C#N)C(=O)OCCCOC(=O)/C=C/c1ccc(OC)c(OC)c1.C=C(C)C(=O)OCCOC(=O)/C=C/c1ccccc1. The molecule has 2 aromatic rings. The van der Waals surface area contributed by atoms with Crippen molar-refractivity contribution in [3.63, 3.8) is 0 Å². The van der Waals surface area contributed by atoms with Crippen molar-refractivity contribution in [2.75, 3.05) is 40.6 Å². The van der Waals surface area contributed by atoms with Gasteiger partial charge in [-0.1, -0.05) is 49.6 Å². The van der Waals surface area contributed by atoms with Gasteiger partial charge in [0.25, 0.3) is 0 Å². The van der Waals surface area contributed by atoms with Gasteiger partial charge in [-0.3, -0.25) is 0 Å². The number of carbonyl (C=O) groups excluding carboxylic acids is 4. The first kappa shape index (κ1) is 36.4. The third-order valence-electron chi connectivity index (χ3n) is 5.09. The zero-order valence-electron chi connectivity index (χ0n) is 24.9. The van der Waals surface area contributed by atoms with E-state index in [9.17, 15) is 19.2 Å². The molecule has 2 rings (SSSR count). The number of nitrogens with zero attached hydrogens (tertiary/aromatic N) is 1. The van der Waals surface area contributed by atoms with Crippen LogP contribution in [0.4, 0.5) is 0 Å². The quantitative estimate of drug-likeness (QED) is 0.0920. The smallest absolute Gasteiger partial charge is 0.348 e. The number of ether oxygens (including phenoxy) is 6. The van der Waals surface area contributed by atoms with Gasteiger partial charge in [-0.05, 0) is 42.3 Å². The van der Waals surface area contributed by atoms with Crippen LogP contribution in [0.1, 0.15) is 24.5 Å². The van der Waals surface area contributed by atoms with E-state index in [0.717, 1.165) is 11.1 Å². The Kier molecular flexibility index (Phi) is 17.5. The Morgan fingerprint density at radius 1 is 0.727 bits per heavy atom. The third kappa shape index (κ3) is 15.4. The Labute approximate surface area is 256 Å². The molecule has 0 amide bonds. The van der Waals surface area contributed by atoms with Gasteiger partial charge in [0.15, 0.2) is 11.5 Å². The van der Waals surface area contributed by atoms with Crippen LogP contribution in [0.15, 0.2) is 85.0 Å². The average Bonchev–Trinajstić information content (AvgIpc) is 3.04. The zero-order chi connectivity index (χ0) is 32.7. The lowest BCUT2D eigenvalue weighted by Gasteiger charge is -2.07. The summed E-state index contributed by atoms with van der Waals surface area (Å²) in [6.45, 7) is 8.39. The van der Waals surface area contributed by atoms with E-state index >= 15 is 0 Å². The first-order chi connectivity index (χ1) is 21.1. The minimum absolute atomic E-state index is 0.0244. The van der Waals surface area contributed by atoms with Crippen LogP contribution < -0.4 is 9.47 Å². The summed E-state index contributed by atoms with van der Waals surface area (Å²) < 4.78 is 29.7. The summed E-state index contributed by atoms with van der Waals surface area (Å²) in [7, 11) is 3.07. The fraction of sp³-hybridized carbons (Fsp3) is 0.242. The van der Waals surface area contributed by atoms with Crippen LogP contribution in [0.3, 0.4) is 0 Å². The van der Waals surface area contributed by atoms with Crippen molar-refractivity contribution in [2.45, 2.75) is 13.3 Å². The lowest BCUT2D eigenvalue weighted by atomic mass is 10.2. The van der Waals surface area contributed by atoms with E-state index in [-0.39, 0.29) is 32.0 Å². The second kappa shape index (κ2) is 21.1. The van der Waals surface area contributed by atoms with E-state index in [4.69, 9.17) is 33.7 Å². The van der Waals surface area contributed by atoms with E-state index in [1.807, 2.05) is 30.3 Å². The maximum atomic E-state index is 11.6. The molecule has 0 radical (unpaired) electrons. The van der Waals surface area contributed by atoms with Crippen molar-refractivity contribution in [3.05, 3.63) is 96.1 Å². The number of nitriles is 1. The van der Waals surface area contributed by atoms with Crippen LogP contribution in [0.5, 0.6) is 11.5 Å². The molecular weight excluding hydrogens is 570 g/mol. The van der Waals surface area contributed by atoms with E-state index in [0.29, 0.717) is 23.5 Å². The second-order valence-electron chi connectivity index (χ2n) is 8.52. The highest BCUT2D eigenvalue weighted by Gasteiger charge is 2.07. The van der Waals surface area contributed by atoms with Crippen molar-refractivity contribution in [1.82, 2.24) is 0 Å². The zero-order valence-corrected chi connectivity index (χ0v) is 24.9. The molecule has 0 bridgehead atoms. The molecule has 0 fully saturated rings. The first-order valence-electron chi connectivity index (χ1n) is 13.2. The summed E-state index contributed by atoms with van der Waals surface area (Å²) >= 11 is 0. The average molecular weight is 606 g/mol. The molecule has 11 nitrogen and oxygen atoms in total. The van der Waals surface area contributed by atoms with Crippen LogP contribution in [-0.4, -0.2) is 64.5 Å². The number of esters is 4. The summed E-state index contributed by atoms with van der Waals surface area (Å²) in [6, 6.07) is 16.2. The lowest BCUT2D eigenvalue weighted by molar-refractivity contribution is -0.146. The van der Waals surface area contributed by atoms with E-state index in [1.165, 1.54) is 26.4 Å². The Morgan fingerprint density at radius 3 is 1.86 bits per heavy atom. The monoisotopic (exact) mass is 605 g/mol. The van der Waals surface area contributed by atoms with Gasteiger partial charge in [-0.25, -0.2) is 19.2 Å². The van der Waals surface area contributed by atoms with Crippen LogP contribution in [0, 0.1) is 11.3 Å². The van der Waals surface area contributed by atoms with Gasteiger partial charge in [0, 0.05) is 24.1 Å². The van der Waals surface area contributed by atoms with E-state index < -0.39 is 23.9 Å². The lowest BCUT2D eigenvalue weighted by Crippen LogP contribution is -2.12. The van der Waals surface area contributed by atoms with Crippen LogP contribution in [0.2, 0.25) is 0 Å². The molecule has 0 heterocycles. The molecule has 0 aliphatic rings. The van der Waals surface area contributed by atoms with E-state index in [1.54, 1.807) is 43.3 Å². The Morgan fingerprint density at radius 2 is 1.27 bits per heavy atom. The summed E-state index contributed by atoms with van der Waals surface area (Å²) in [6.07, 6.45) is 6.17. The van der Waals surface area contributed by atoms with Crippen molar-refractivity contribution < 1.29 is 47.6 Å². The molecule has 0 atom stereocenters. The number of hydrogen-bond acceptors (Lipinski definition) is 11. The Bertz CT molecular complexity index is 1390. The highest BCUT2D eigenvalue weighted by molar-refractivity contribution is 5.92. The van der Waals surface area contributed by atoms with Crippen molar-refractivity contribution >= 4 is 36.0 Å². The van der Waals surface area contributed by atoms with Gasteiger partial charge in [-0.2, -0.15) is 5.26 Å². The van der Waals surface area contributed by atoms with Gasteiger partial charge >= 0.3 is 23.9 Å². The fourth-order valence-corrected chi connectivity index (χ4v) is 2.87.